The molecule has 0 spiro atoms. The molecule has 0 saturated heterocycles. The van der Waals surface area contributed by atoms with Crippen LogP contribution >= 0.6 is 0 Å². The number of imide groups is 1. The summed E-state index contributed by atoms with van der Waals surface area (Å²) in [6, 6.07) is 8.01. The summed E-state index contributed by atoms with van der Waals surface area (Å²) in [6.45, 7) is 6.51. The van der Waals surface area contributed by atoms with Crippen molar-refractivity contribution in [3.05, 3.63) is 47.0 Å². The molecule has 5 rings (SSSR count). The van der Waals surface area contributed by atoms with Crippen LogP contribution in [0.2, 0.25) is 0 Å². The largest absolute Gasteiger partial charge is 0.313 e. The van der Waals surface area contributed by atoms with Crippen LogP contribution in [0.4, 0.5) is 0 Å². The fourth-order valence-corrected chi connectivity index (χ4v) is 7.87. The summed E-state index contributed by atoms with van der Waals surface area (Å²) in [5.74, 6) is 2.22. The molecule has 0 radical (unpaired) electrons. The van der Waals surface area contributed by atoms with Crippen molar-refractivity contribution in [2.75, 3.05) is 13.1 Å². The van der Waals surface area contributed by atoms with Crippen LogP contribution < -0.4 is 5.32 Å². The van der Waals surface area contributed by atoms with Crippen LogP contribution in [0.15, 0.2) is 30.4 Å². The van der Waals surface area contributed by atoms with Crippen molar-refractivity contribution in [2.24, 2.45) is 17.3 Å². The van der Waals surface area contributed by atoms with E-state index >= 15 is 0 Å². The normalized spacial score (nSPS) is 32.1. The number of nitrogens with zero attached hydrogens (tertiary/aromatic N) is 1. The smallest absolute Gasteiger partial charge is 0.253 e. The van der Waals surface area contributed by atoms with Gasteiger partial charge >= 0.3 is 0 Å². The van der Waals surface area contributed by atoms with Gasteiger partial charge < -0.3 is 5.32 Å². The van der Waals surface area contributed by atoms with Crippen molar-refractivity contribution < 1.29 is 9.59 Å². The molecule has 0 aromatic heterocycles. The van der Waals surface area contributed by atoms with Gasteiger partial charge in [0.15, 0.2) is 0 Å². The second kappa shape index (κ2) is 9.97. The number of nitrogens with one attached hydrogen (secondary N) is 1. The molecular weight excluding hydrogens is 420 g/mol. The molecule has 1 aliphatic heterocycles. The summed E-state index contributed by atoms with van der Waals surface area (Å²) in [5, 5.41) is 3.97. The van der Waals surface area contributed by atoms with Crippen LogP contribution in [-0.4, -0.2) is 35.8 Å². The zero-order valence-corrected chi connectivity index (χ0v) is 21.2. The molecule has 5 atom stereocenters. The van der Waals surface area contributed by atoms with Gasteiger partial charge in [-0.2, -0.15) is 0 Å². The second-order valence-electron chi connectivity index (χ2n) is 11.5. The van der Waals surface area contributed by atoms with Crippen LogP contribution in [0.3, 0.4) is 0 Å². The SMILES string of the molecule is CCc1ccc2c(c1)CC[C@H]1C3CC[C@H](NCCCCCCN4C(=O)C=CC4=O)[C@@]3(C)CC[C@H]21. The molecule has 34 heavy (non-hydrogen) atoms. The number of benzene rings is 1. The molecular formula is C30H42N2O2. The fraction of sp³-hybridized carbons (Fsp3) is 0.667. The van der Waals surface area contributed by atoms with Crippen LogP contribution in [0, 0.1) is 17.3 Å². The van der Waals surface area contributed by atoms with E-state index in [4.69, 9.17) is 0 Å². The second-order valence-corrected chi connectivity index (χ2v) is 11.5. The molecule has 3 aliphatic carbocycles. The molecule has 2 fully saturated rings. The average Bonchev–Trinajstić information content (AvgIpc) is 3.36. The minimum atomic E-state index is -0.155. The van der Waals surface area contributed by atoms with E-state index in [1.165, 1.54) is 67.6 Å². The van der Waals surface area contributed by atoms with Crippen molar-refractivity contribution in [2.45, 2.75) is 96.4 Å². The molecule has 1 aromatic carbocycles. The first-order chi connectivity index (χ1) is 16.5. The number of carbonyl (C=O) groups excluding carboxylic acids is 2. The molecule has 1 unspecified atom stereocenters. The topological polar surface area (TPSA) is 49.4 Å². The predicted octanol–water partition coefficient (Wildman–Crippen LogP) is 5.55. The summed E-state index contributed by atoms with van der Waals surface area (Å²) >= 11 is 0. The van der Waals surface area contributed by atoms with E-state index in [1.54, 1.807) is 11.1 Å². The number of amides is 2. The van der Waals surface area contributed by atoms with E-state index in [0.717, 1.165) is 50.0 Å². The Balaban J connectivity index is 1.08. The van der Waals surface area contributed by atoms with Crippen LogP contribution in [0.25, 0.3) is 0 Å². The molecule has 184 valence electrons. The summed E-state index contributed by atoms with van der Waals surface area (Å²) in [4.78, 5) is 24.6. The van der Waals surface area contributed by atoms with Gasteiger partial charge in [-0.25, -0.2) is 0 Å². The van der Waals surface area contributed by atoms with E-state index in [9.17, 15) is 9.59 Å². The number of fused-ring (bicyclic) bond motifs is 5. The Labute approximate surface area is 205 Å². The average molecular weight is 463 g/mol. The molecule has 2 amide bonds. The first-order valence-electron chi connectivity index (χ1n) is 13.9. The predicted molar refractivity (Wildman–Crippen MR) is 137 cm³/mol. The van der Waals surface area contributed by atoms with Crippen molar-refractivity contribution in [3.8, 4) is 0 Å². The standard InChI is InChI=1S/C30H42N2O2/c1-3-21-8-10-23-22(20-21)9-11-25-24(23)16-17-30(2)26(25)12-13-27(30)31-18-6-4-5-7-19-32-28(33)14-15-29(32)34/h8,10,14-15,20,24-27,31H,3-7,9,11-13,16-19H2,1-2H3/t24-,25-,26?,27+,30+/m1/s1. The Morgan fingerprint density at radius 1 is 1.00 bits per heavy atom. The quantitative estimate of drug-likeness (QED) is 0.387. The summed E-state index contributed by atoms with van der Waals surface area (Å²) < 4.78 is 0. The van der Waals surface area contributed by atoms with Gasteiger partial charge in [-0.1, -0.05) is 44.9 Å². The first-order valence-corrected chi connectivity index (χ1v) is 13.9. The minimum absolute atomic E-state index is 0.155. The third kappa shape index (κ3) is 4.39. The Morgan fingerprint density at radius 3 is 2.59 bits per heavy atom. The van der Waals surface area contributed by atoms with E-state index in [-0.39, 0.29) is 11.8 Å². The number of unbranched alkanes of at least 4 members (excludes halogenated alkanes) is 3. The Kier molecular flexibility index (Phi) is 6.97. The molecule has 1 aromatic rings. The van der Waals surface area contributed by atoms with Crippen molar-refractivity contribution >= 4 is 11.8 Å². The zero-order valence-electron chi connectivity index (χ0n) is 21.2. The first kappa shape index (κ1) is 23.8. The highest BCUT2D eigenvalue weighted by atomic mass is 16.2. The van der Waals surface area contributed by atoms with Gasteiger partial charge in [0, 0.05) is 24.7 Å². The minimum Gasteiger partial charge on any atom is -0.313 e. The van der Waals surface area contributed by atoms with E-state index in [0.29, 0.717) is 18.0 Å². The van der Waals surface area contributed by atoms with E-state index in [2.05, 4.69) is 37.4 Å². The van der Waals surface area contributed by atoms with Gasteiger partial charge in [0.2, 0.25) is 0 Å². The lowest BCUT2D eigenvalue weighted by Gasteiger charge is -2.51. The maximum Gasteiger partial charge on any atom is 0.253 e. The van der Waals surface area contributed by atoms with Crippen molar-refractivity contribution in [1.29, 1.82) is 0 Å². The van der Waals surface area contributed by atoms with Gasteiger partial charge in [0.1, 0.15) is 0 Å². The Hall–Kier alpha value is -1.94. The Bertz CT molecular complexity index is 935. The maximum atomic E-state index is 11.6. The highest BCUT2D eigenvalue weighted by Crippen LogP contribution is 2.60. The third-order valence-corrected chi connectivity index (χ3v) is 9.80. The summed E-state index contributed by atoms with van der Waals surface area (Å²) in [6.07, 6.45) is 16.3. The fourth-order valence-electron chi connectivity index (χ4n) is 7.87. The highest BCUT2D eigenvalue weighted by molar-refractivity contribution is 6.12. The molecule has 1 N–H and O–H groups in total. The zero-order chi connectivity index (χ0) is 23.7. The van der Waals surface area contributed by atoms with Crippen LogP contribution in [-0.2, 0) is 22.4 Å². The summed E-state index contributed by atoms with van der Waals surface area (Å²) in [5.41, 5.74) is 5.27. The lowest BCUT2D eigenvalue weighted by atomic mass is 9.55. The van der Waals surface area contributed by atoms with Gasteiger partial charge in [-0.15, -0.1) is 0 Å². The highest BCUT2D eigenvalue weighted by Gasteiger charge is 2.54. The van der Waals surface area contributed by atoms with Gasteiger partial charge in [-0.05, 0) is 104 Å². The number of aryl methyl sites for hydroxylation is 2. The molecule has 2 saturated carbocycles. The molecule has 4 aliphatic rings. The van der Waals surface area contributed by atoms with E-state index < -0.39 is 0 Å². The van der Waals surface area contributed by atoms with E-state index in [1.807, 2.05) is 0 Å². The Morgan fingerprint density at radius 2 is 1.79 bits per heavy atom. The number of hydrogen-bond acceptors (Lipinski definition) is 3. The lowest BCUT2D eigenvalue weighted by molar-refractivity contribution is -0.136. The van der Waals surface area contributed by atoms with Gasteiger partial charge in [-0.3, -0.25) is 14.5 Å². The molecule has 4 nitrogen and oxygen atoms in total. The maximum absolute atomic E-state index is 11.6. The lowest BCUT2D eigenvalue weighted by Crippen LogP contribution is -2.48. The molecule has 4 heteroatoms. The van der Waals surface area contributed by atoms with Crippen molar-refractivity contribution in [1.82, 2.24) is 10.2 Å². The third-order valence-electron chi connectivity index (χ3n) is 9.80. The summed E-state index contributed by atoms with van der Waals surface area (Å²) in [7, 11) is 0. The van der Waals surface area contributed by atoms with Crippen molar-refractivity contribution in [3.63, 3.8) is 0 Å². The number of hydrogen-bond donors (Lipinski definition) is 1. The van der Waals surface area contributed by atoms with Crippen LogP contribution in [0.1, 0.15) is 94.2 Å². The van der Waals surface area contributed by atoms with Crippen LogP contribution in [0.5, 0.6) is 0 Å². The monoisotopic (exact) mass is 462 g/mol. The molecule has 0 bridgehead atoms. The van der Waals surface area contributed by atoms with Gasteiger partial charge in [0.25, 0.3) is 11.8 Å². The number of rotatable bonds is 9. The molecule has 1 heterocycles. The number of carbonyl (C=O) groups is 2. The van der Waals surface area contributed by atoms with Gasteiger partial charge in [0.05, 0.1) is 0 Å².